The Hall–Kier alpha value is -0.910. The van der Waals surface area contributed by atoms with Gasteiger partial charge in [-0.3, -0.25) is 9.52 Å². The average Bonchev–Trinajstić information content (AvgIpc) is 3.01. The number of aliphatic hydroxyl groups excluding tert-OH is 1. The maximum absolute atomic E-state index is 9.39. The van der Waals surface area contributed by atoms with Gasteiger partial charge in [0.2, 0.25) is 0 Å². The molecule has 18 heavy (non-hydrogen) atoms. The summed E-state index contributed by atoms with van der Waals surface area (Å²) in [6, 6.07) is 2.64. The third-order valence-corrected chi connectivity index (χ3v) is 3.81. The van der Waals surface area contributed by atoms with Crippen LogP contribution in [-0.2, 0) is 11.4 Å². The SMILES string of the molecule is O[C@H]1CON(Cc2ccn(C3CCCCC3)n2)C1. The molecule has 3 rings (SSSR count). The molecule has 1 aromatic rings. The molecule has 0 aromatic carbocycles. The van der Waals surface area contributed by atoms with Crippen LogP contribution in [0.2, 0.25) is 0 Å². The van der Waals surface area contributed by atoms with Crippen molar-refractivity contribution in [3.63, 3.8) is 0 Å². The summed E-state index contributed by atoms with van der Waals surface area (Å²) in [6.45, 7) is 1.65. The fourth-order valence-corrected chi connectivity index (χ4v) is 2.83. The molecular weight excluding hydrogens is 230 g/mol. The van der Waals surface area contributed by atoms with Crippen LogP contribution in [-0.4, -0.2) is 39.2 Å². The first-order chi connectivity index (χ1) is 8.81. The summed E-state index contributed by atoms with van der Waals surface area (Å²) in [7, 11) is 0. The summed E-state index contributed by atoms with van der Waals surface area (Å²) in [4.78, 5) is 5.36. The molecule has 2 heterocycles. The van der Waals surface area contributed by atoms with E-state index in [9.17, 15) is 5.11 Å². The van der Waals surface area contributed by atoms with Crippen molar-refractivity contribution in [1.82, 2.24) is 14.8 Å². The van der Waals surface area contributed by atoms with Gasteiger partial charge in [-0.1, -0.05) is 19.3 Å². The lowest BCUT2D eigenvalue weighted by Gasteiger charge is -2.21. The fourth-order valence-electron chi connectivity index (χ4n) is 2.83. The molecule has 5 heteroatoms. The highest BCUT2D eigenvalue weighted by molar-refractivity contribution is 5.00. The quantitative estimate of drug-likeness (QED) is 0.884. The number of rotatable bonds is 3. The van der Waals surface area contributed by atoms with E-state index in [1.165, 1.54) is 32.1 Å². The molecule has 1 aliphatic heterocycles. The van der Waals surface area contributed by atoms with Gasteiger partial charge in [-0.2, -0.15) is 10.2 Å². The van der Waals surface area contributed by atoms with E-state index in [4.69, 9.17) is 4.84 Å². The van der Waals surface area contributed by atoms with Crippen LogP contribution in [0.25, 0.3) is 0 Å². The van der Waals surface area contributed by atoms with E-state index in [-0.39, 0.29) is 6.10 Å². The van der Waals surface area contributed by atoms with Crippen molar-refractivity contribution >= 4 is 0 Å². The molecular formula is C13H21N3O2. The van der Waals surface area contributed by atoms with E-state index < -0.39 is 0 Å². The molecule has 1 saturated carbocycles. The molecule has 0 unspecified atom stereocenters. The zero-order chi connectivity index (χ0) is 12.4. The maximum Gasteiger partial charge on any atom is 0.0958 e. The first-order valence-electron chi connectivity index (χ1n) is 6.91. The van der Waals surface area contributed by atoms with Crippen molar-refractivity contribution in [2.24, 2.45) is 0 Å². The van der Waals surface area contributed by atoms with Gasteiger partial charge in [0, 0.05) is 6.20 Å². The Kier molecular flexibility index (Phi) is 3.63. The van der Waals surface area contributed by atoms with Gasteiger partial charge in [0.05, 0.1) is 37.5 Å². The third kappa shape index (κ3) is 2.74. The van der Waals surface area contributed by atoms with Crippen molar-refractivity contribution in [2.45, 2.75) is 50.8 Å². The van der Waals surface area contributed by atoms with Gasteiger partial charge < -0.3 is 5.11 Å². The number of nitrogens with zero attached hydrogens (tertiary/aromatic N) is 3. The molecule has 100 valence electrons. The fraction of sp³-hybridized carbons (Fsp3) is 0.769. The summed E-state index contributed by atoms with van der Waals surface area (Å²) < 4.78 is 2.11. The average molecular weight is 251 g/mol. The van der Waals surface area contributed by atoms with E-state index in [1.54, 1.807) is 5.06 Å². The Morgan fingerprint density at radius 1 is 1.33 bits per heavy atom. The minimum atomic E-state index is -0.356. The van der Waals surface area contributed by atoms with Crippen molar-refractivity contribution in [3.05, 3.63) is 18.0 Å². The third-order valence-electron chi connectivity index (χ3n) is 3.81. The van der Waals surface area contributed by atoms with Crippen LogP contribution in [0, 0.1) is 0 Å². The summed E-state index contributed by atoms with van der Waals surface area (Å²) in [5.41, 5.74) is 1.02. The van der Waals surface area contributed by atoms with Crippen LogP contribution in [0.5, 0.6) is 0 Å². The lowest BCUT2D eigenvalue weighted by molar-refractivity contribution is -0.118. The standard InChI is InChI=1S/C13H21N3O2/c17-13-9-15(18-10-13)8-11-6-7-16(14-11)12-4-2-1-3-5-12/h6-7,12-13,17H,1-5,8-10H2/t13-/m1/s1. The highest BCUT2D eigenvalue weighted by Gasteiger charge is 2.22. The monoisotopic (exact) mass is 251 g/mol. The summed E-state index contributed by atoms with van der Waals surface area (Å²) in [5, 5.41) is 15.8. The van der Waals surface area contributed by atoms with Crippen LogP contribution in [0.4, 0.5) is 0 Å². The zero-order valence-corrected chi connectivity index (χ0v) is 10.7. The second-order valence-corrected chi connectivity index (χ2v) is 5.35. The Morgan fingerprint density at radius 2 is 2.17 bits per heavy atom. The van der Waals surface area contributed by atoms with Crippen LogP contribution in [0.1, 0.15) is 43.8 Å². The number of hydrogen-bond donors (Lipinski definition) is 1. The summed E-state index contributed by atoms with van der Waals surface area (Å²) in [5.74, 6) is 0. The molecule has 0 amide bonds. The van der Waals surface area contributed by atoms with Gasteiger partial charge in [-0.15, -0.1) is 0 Å². The molecule has 1 saturated heterocycles. The van der Waals surface area contributed by atoms with Crippen LogP contribution < -0.4 is 0 Å². The Labute approximate surface area is 107 Å². The van der Waals surface area contributed by atoms with Crippen LogP contribution in [0.3, 0.4) is 0 Å². The van der Waals surface area contributed by atoms with E-state index in [2.05, 4.69) is 22.0 Å². The van der Waals surface area contributed by atoms with Gasteiger partial charge in [0.25, 0.3) is 0 Å². The van der Waals surface area contributed by atoms with Crippen LogP contribution >= 0.6 is 0 Å². The number of aromatic nitrogens is 2. The summed E-state index contributed by atoms with van der Waals surface area (Å²) >= 11 is 0. The predicted octanol–water partition coefficient (Wildman–Crippen LogP) is 1.50. The normalized spacial score (nSPS) is 26.8. The molecule has 1 aliphatic carbocycles. The van der Waals surface area contributed by atoms with Crippen LogP contribution in [0.15, 0.2) is 12.3 Å². The number of β-amino-alcohol motifs (C(OH)–C–C–N with tert-alkyl or cyclic N) is 1. The zero-order valence-electron chi connectivity index (χ0n) is 10.7. The smallest absolute Gasteiger partial charge is 0.0958 e. The number of hydrogen-bond acceptors (Lipinski definition) is 4. The van der Waals surface area contributed by atoms with E-state index in [0.29, 0.717) is 25.7 Å². The Bertz CT molecular complexity index is 387. The van der Waals surface area contributed by atoms with Gasteiger partial charge in [-0.25, -0.2) is 0 Å². The largest absolute Gasteiger partial charge is 0.389 e. The van der Waals surface area contributed by atoms with Crippen molar-refractivity contribution < 1.29 is 9.94 Å². The topological polar surface area (TPSA) is 50.5 Å². The van der Waals surface area contributed by atoms with Gasteiger partial charge in [0.1, 0.15) is 0 Å². The number of hydroxylamine groups is 2. The number of aliphatic hydroxyl groups is 1. The second kappa shape index (κ2) is 5.38. The van der Waals surface area contributed by atoms with Gasteiger partial charge in [0.15, 0.2) is 0 Å². The molecule has 1 aromatic heterocycles. The minimum Gasteiger partial charge on any atom is -0.389 e. The highest BCUT2D eigenvalue weighted by Crippen LogP contribution is 2.27. The molecule has 1 N–H and O–H groups in total. The first kappa shape index (κ1) is 12.1. The summed E-state index contributed by atoms with van der Waals surface area (Å²) in [6.07, 6.45) is 8.23. The molecule has 0 spiro atoms. The van der Waals surface area contributed by atoms with Gasteiger partial charge >= 0.3 is 0 Å². The van der Waals surface area contributed by atoms with E-state index >= 15 is 0 Å². The second-order valence-electron chi connectivity index (χ2n) is 5.35. The molecule has 0 radical (unpaired) electrons. The van der Waals surface area contributed by atoms with Gasteiger partial charge in [-0.05, 0) is 18.9 Å². The Balaban J connectivity index is 1.59. The lowest BCUT2D eigenvalue weighted by atomic mass is 9.96. The first-order valence-corrected chi connectivity index (χ1v) is 6.91. The highest BCUT2D eigenvalue weighted by atomic mass is 16.7. The minimum absolute atomic E-state index is 0.356. The molecule has 0 bridgehead atoms. The van der Waals surface area contributed by atoms with Crippen molar-refractivity contribution in [1.29, 1.82) is 0 Å². The molecule has 5 nitrogen and oxygen atoms in total. The molecule has 1 atom stereocenters. The molecule has 2 aliphatic rings. The van der Waals surface area contributed by atoms with E-state index in [1.807, 2.05) is 0 Å². The van der Waals surface area contributed by atoms with Crippen molar-refractivity contribution in [3.8, 4) is 0 Å². The Morgan fingerprint density at radius 3 is 2.89 bits per heavy atom. The van der Waals surface area contributed by atoms with E-state index in [0.717, 1.165) is 5.69 Å². The maximum atomic E-state index is 9.39. The van der Waals surface area contributed by atoms with Crippen molar-refractivity contribution in [2.75, 3.05) is 13.2 Å². The predicted molar refractivity (Wildman–Crippen MR) is 66.7 cm³/mol. The lowest BCUT2D eigenvalue weighted by Crippen LogP contribution is -2.21. The molecule has 2 fully saturated rings.